The van der Waals surface area contributed by atoms with E-state index in [0.717, 1.165) is 29.7 Å². The van der Waals surface area contributed by atoms with Crippen LogP contribution in [0, 0.1) is 0 Å². The molecule has 4 heteroatoms. The van der Waals surface area contributed by atoms with Crippen molar-refractivity contribution in [2.45, 2.75) is 25.8 Å². The Morgan fingerprint density at radius 1 is 1.24 bits per heavy atom. The Labute approximate surface area is 134 Å². The zero-order chi connectivity index (χ0) is 15.1. The smallest absolute Gasteiger partial charge is 0.120 e. The molecule has 1 heterocycles. The summed E-state index contributed by atoms with van der Waals surface area (Å²) >= 11 is 3.61. The quantitative estimate of drug-likeness (QED) is 0.763. The topological polar surface area (TPSA) is 34.1 Å². The van der Waals surface area contributed by atoms with Gasteiger partial charge in [0.2, 0.25) is 0 Å². The highest BCUT2D eigenvalue weighted by molar-refractivity contribution is 9.10. The molecule has 1 N–H and O–H groups in total. The van der Waals surface area contributed by atoms with Crippen LogP contribution in [-0.4, -0.2) is 18.6 Å². The normalized spacial score (nSPS) is 12.1. The maximum absolute atomic E-state index is 5.81. The van der Waals surface area contributed by atoms with E-state index in [4.69, 9.17) is 4.74 Å². The Hall–Kier alpha value is -1.39. The fourth-order valence-electron chi connectivity index (χ4n) is 2.12. The van der Waals surface area contributed by atoms with E-state index >= 15 is 0 Å². The van der Waals surface area contributed by atoms with Gasteiger partial charge >= 0.3 is 0 Å². The Morgan fingerprint density at radius 3 is 2.67 bits per heavy atom. The molecule has 0 aliphatic heterocycles. The number of hydrogen-bond donors (Lipinski definition) is 1. The number of pyridine rings is 1. The van der Waals surface area contributed by atoms with Gasteiger partial charge in [-0.1, -0.05) is 22.0 Å². The highest BCUT2D eigenvalue weighted by atomic mass is 79.9. The van der Waals surface area contributed by atoms with Crippen molar-refractivity contribution in [2.75, 3.05) is 13.7 Å². The van der Waals surface area contributed by atoms with Crippen molar-refractivity contribution < 1.29 is 4.74 Å². The van der Waals surface area contributed by atoms with E-state index in [-0.39, 0.29) is 0 Å². The number of rotatable bonds is 7. The van der Waals surface area contributed by atoms with E-state index in [1.54, 1.807) is 0 Å². The van der Waals surface area contributed by atoms with Crippen molar-refractivity contribution in [1.29, 1.82) is 0 Å². The van der Waals surface area contributed by atoms with E-state index in [2.05, 4.69) is 39.2 Å². The van der Waals surface area contributed by atoms with Crippen LogP contribution in [0.2, 0.25) is 0 Å². The van der Waals surface area contributed by atoms with Gasteiger partial charge in [-0.2, -0.15) is 0 Å². The zero-order valence-electron chi connectivity index (χ0n) is 12.5. The molecule has 1 aromatic heterocycles. The average molecular weight is 349 g/mol. The van der Waals surface area contributed by atoms with Gasteiger partial charge in [0.1, 0.15) is 5.75 Å². The summed E-state index contributed by atoms with van der Waals surface area (Å²) in [7, 11) is 1.96. The molecule has 0 bridgehead atoms. The van der Waals surface area contributed by atoms with Crippen LogP contribution in [0.5, 0.6) is 5.75 Å². The van der Waals surface area contributed by atoms with E-state index in [0.29, 0.717) is 6.04 Å². The van der Waals surface area contributed by atoms with Crippen LogP contribution in [0.15, 0.2) is 47.2 Å². The van der Waals surface area contributed by atoms with Crippen molar-refractivity contribution in [2.24, 2.45) is 0 Å². The third-order valence-corrected chi connectivity index (χ3v) is 4.19. The van der Waals surface area contributed by atoms with Crippen LogP contribution < -0.4 is 10.1 Å². The molecule has 0 spiro atoms. The first kappa shape index (κ1) is 16.0. The third kappa shape index (κ3) is 4.83. The number of nitrogens with zero attached hydrogens (tertiary/aromatic N) is 1. The second kappa shape index (κ2) is 8.15. The molecule has 3 nitrogen and oxygen atoms in total. The van der Waals surface area contributed by atoms with E-state index in [1.807, 2.05) is 43.7 Å². The first-order valence-corrected chi connectivity index (χ1v) is 7.98. The molecule has 0 aliphatic carbocycles. The number of benzene rings is 1. The largest absolute Gasteiger partial charge is 0.494 e. The second-order valence-electron chi connectivity index (χ2n) is 5.00. The van der Waals surface area contributed by atoms with Gasteiger partial charge in [0, 0.05) is 22.9 Å². The predicted octanol–water partition coefficient (Wildman–Crippen LogP) is 4.14. The number of ether oxygens (including phenoxy) is 1. The SMILES string of the molecule is CNC(C)c1ccc(OCCCc2ccncc2)cc1Br. The van der Waals surface area contributed by atoms with Crippen molar-refractivity contribution in [1.82, 2.24) is 10.3 Å². The minimum Gasteiger partial charge on any atom is -0.494 e. The first-order valence-electron chi connectivity index (χ1n) is 7.19. The molecule has 0 aliphatic rings. The molecule has 112 valence electrons. The minimum absolute atomic E-state index is 0.320. The van der Waals surface area contributed by atoms with E-state index in [9.17, 15) is 0 Å². The van der Waals surface area contributed by atoms with Crippen LogP contribution in [0.25, 0.3) is 0 Å². The Morgan fingerprint density at radius 2 is 2.00 bits per heavy atom. The molecule has 0 fully saturated rings. The molecule has 0 saturated carbocycles. The number of halogens is 1. The fraction of sp³-hybridized carbons (Fsp3) is 0.353. The second-order valence-corrected chi connectivity index (χ2v) is 5.86. The maximum Gasteiger partial charge on any atom is 0.120 e. The summed E-state index contributed by atoms with van der Waals surface area (Å²) in [6, 6.07) is 10.6. The minimum atomic E-state index is 0.320. The molecule has 1 unspecified atom stereocenters. The predicted molar refractivity (Wildman–Crippen MR) is 89.7 cm³/mol. The number of aromatic nitrogens is 1. The van der Waals surface area contributed by atoms with Crippen molar-refractivity contribution in [3.8, 4) is 5.75 Å². The summed E-state index contributed by atoms with van der Waals surface area (Å²) in [5.41, 5.74) is 2.54. The van der Waals surface area contributed by atoms with Gasteiger partial charge in [-0.15, -0.1) is 0 Å². The van der Waals surface area contributed by atoms with Crippen LogP contribution in [0.4, 0.5) is 0 Å². The first-order chi connectivity index (χ1) is 10.2. The van der Waals surface area contributed by atoms with Gasteiger partial charge in [-0.25, -0.2) is 0 Å². The lowest BCUT2D eigenvalue weighted by Crippen LogP contribution is -2.12. The molecular formula is C17H21BrN2O. The molecule has 21 heavy (non-hydrogen) atoms. The average Bonchev–Trinajstić information content (AvgIpc) is 2.52. The number of nitrogens with one attached hydrogen (secondary N) is 1. The van der Waals surface area contributed by atoms with Crippen LogP contribution in [0.1, 0.15) is 30.5 Å². The van der Waals surface area contributed by atoms with Gasteiger partial charge in [0.15, 0.2) is 0 Å². The summed E-state index contributed by atoms with van der Waals surface area (Å²) in [6.45, 7) is 2.85. The number of hydrogen-bond acceptors (Lipinski definition) is 3. The number of aryl methyl sites for hydroxylation is 1. The van der Waals surface area contributed by atoms with Crippen LogP contribution >= 0.6 is 15.9 Å². The Balaban J connectivity index is 1.82. The lowest BCUT2D eigenvalue weighted by atomic mass is 10.1. The fourth-order valence-corrected chi connectivity index (χ4v) is 2.82. The van der Waals surface area contributed by atoms with Gasteiger partial charge < -0.3 is 10.1 Å². The lowest BCUT2D eigenvalue weighted by Gasteiger charge is -2.14. The molecule has 0 saturated heterocycles. The van der Waals surface area contributed by atoms with Crippen molar-refractivity contribution in [3.63, 3.8) is 0 Å². The van der Waals surface area contributed by atoms with Crippen LogP contribution in [-0.2, 0) is 6.42 Å². The third-order valence-electron chi connectivity index (χ3n) is 3.50. The zero-order valence-corrected chi connectivity index (χ0v) is 14.1. The van der Waals surface area contributed by atoms with Crippen LogP contribution in [0.3, 0.4) is 0 Å². The van der Waals surface area contributed by atoms with Gasteiger partial charge in [-0.05, 0) is 62.2 Å². The van der Waals surface area contributed by atoms with E-state index in [1.165, 1.54) is 11.1 Å². The molecule has 1 atom stereocenters. The molecule has 0 amide bonds. The van der Waals surface area contributed by atoms with Gasteiger partial charge in [0.05, 0.1) is 6.61 Å². The molecule has 0 radical (unpaired) electrons. The highest BCUT2D eigenvalue weighted by Gasteiger charge is 2.08. The molecule has 2 rings (SSSR count). The monoisotopic (exact) mass is 348 g/mol. The summed E-state index contributed by atoms with van der Waals surface area (Å²) in [5.74, 6) is 0.906. The Kier molecular flexibility index (Phi) is 6.21. The summed E-state index contributed by atoms with van der Waals surface area (Å²) in [4.78, 5) is 4.02. The standard InChI is InChI=1S/C17H21BrN2O/c1-13(19-2)16-6-5-15(12-17(16)18)21-11-3-4-14-7-9-20-10-8-14/h5-10,12-13,19H,3-4,11H2,1-2H3. The van der Waals surface area contributed by atoms with Gasteiger partial charge in [-0.3, -0.25) is 4.98 Å². The summed E-state index contributed by atoms with van der Waals surface area (Å²) in [6.07, 6.45) is 5.67. The molecule has 2 aromatic rings. The summed E-state index contributed by atoms with van der Waals surface area (Å²) in [5, 5.41) is 3.24. The van der Waals surface area contributed by atoms with Crippen molar-refractivity contribution >= 4 is 15.9 Å². The van der Waals surface area contributed by atoms with Gasteiger partial charge in [0.25, 0.3) is 0 Å². The molecule has 1 aromatic carbocycles. The molecular weight excluding hydrogens is 328 g/mol. The lowest BCUT2D eigenvalue weighted by molar-refractivity contribution is 0.310. The van der Waals surface area contributed by atoms with Crippen molar-refractivity contribution in [3.05, 3.63) is 58.3 Å². The van der Waals surface area contributed by atoms with E-state index < -0.39 is 0 Å². The Bertz CT molecular complexity index is 560. The summed E-state index contributed by atoms with van der Waals surface area (Å²) < 4.78 is 6.89. The highest BCUT2D eigenvalue weighted by Crippen LogP contribution is 2.27. The maximum atomic E-state index is 5.81.